The molecule has 1 unspecified atom stereocenters. The molecule has 3 aromatic carbocycles. The highest BCUT2D eigenvalue weighted by atomic mass is 32.2. The van der Waals surface area contributed by atoms with Crippen LogP contribution in [0.25, 0.3) is 0 Å². The molecule has 1 saturated heterocycles. The molecule has 36 heavy (non-hydrogen) atoms. The molecular weight excluding hydrogens is 468 g/mol. The molecule has 3 aromatic rings. The summed E-state index contributed by atoms with van der Waals surface area (Å²) in [7, 11) is 0. The quantitative estimate of drug-likeness (QED) is 0.483. The summed E-state index contributed by atoms with van der Waals surface area (Å²) in [5.41, 5.74) is 6.02. The lowest BCUT2D eigenvalue weighted by molar-refractivity contribution is -0.123. The number of rotatable bonds is 4. The predicted molar refractivity (Wildman–Crippen MR) is 144 cm³/mol. The second-order valence-electron chi connectivity index (χ2n) is 9.58. The Kier molecular flexibility index (Phi) is 6.23. The van der Waals surface area contributed by atoms with Gasteiger partial charge in [-0.3, -0.25) is 9.69 Å². The van der Waals surface area contributed by atoms with E-state index >= 15 is 0 Å². The van der Waals surface area contributed by atoms with Crippen molar-refractivity contribution in [3.8, 4) is 6.07 Å². The van der Waals surface area contributed by atoms with Gasteiger partial charge in [0.25, 0.3) is 5.91 Å². The van der Waals surface area contributed by atoms with Gasteiger partial charge in [0.2, 0.25) is 0 Å². The van der Waals surface area contributed by atoms with Gasteiger partial charge in [-0.25, -0.2) is 4.79 Å². The molecule has 3 amide bonds. The molecule has 2 heterocycles. The van der Waals surface area contributed by atoms with Crippen LogP contribution in [0.3, 0.4) is 0 Å². The number of hydrogen-bond acceptors (Lipinski definition) is 4. The normalized spacial score (nSPS) is 18.6. The van der Waals surface area contributed by atoms with Crippen LogP contribution < -0.4 is 10.2 Å². The Balaban J connectivity index is 1.49. The summed E-state index contributed by atoms with van der Waals surface area (Å²) in [6.45, 7) is 7.06. The molecule has 0 aromatic heterocycles. The molecule has 0 radical (unpaired) electrons. The Hall–Kier alpha value is -3.76. The molecule has 5 rings (SSSR count). The fraction of sp³-hybridized carbons (Fsp3) is 0.276. The van der Waals surface area contributed by atoms with Crippen LogP contribution in [-0.2, 0) is 16.2 Å². The largest absolute Gasteiger partial charge is 0.323 e. The topological polar surface area (TPSA) is 76.4 Å². The Morgan fingerprint density at radius 3 is 2.64 bits per heavy atom. The van der Waals surface area contributed by atoms with Gasteiger partial charge in [0.1, 0.15) is 0 Å². The van der Waals surface area contributed by atoms with Gasteiger partial charge in [0.15, 0.2) is 4.87 Å². The number of hydrogen-bond donors (Lipinski definition) is 1. The number of nitrogens with one attached hydrogen (secondary N) is 1. The maximum Gasteiger partial charge on any atom is 0.323 e. The molecule has 0 saturated carbocycles. The highest BCUT2D eigenvalue weighted by Gasteiger charge is 2.59. The van der Waals surface area contributed by atoms with Crippen molar-refractivity contribution in [1.29, 1.82) is 5.26 Å². The van der Waals surface area contributed by atoms with E-state index in [2.05, 4.69) is 25.2 Å². The molecule has 0 aliphatic carbocycles. The molecular formula is C29H28N4O2S. The average Bonchev–Trinajstić information content (AvgIpc) is 3.41. The van der Waals surface area contributed by atoms with Crippen molar-refractivity contribution in [3.05, 3.63) is 94.5 Å². The lowest BCUT2D eigenvalue weighted by atomic mass is 10.0. The van der Waals surface area contributed by atoms with Crippen molar-refractivity contribution in [2.45, 2.75) is 38.1 Å². The van der Waals surface area contributed by atoms with Crippen LogP contribution >= 0.6 is 11.8 Å². The molecule has 182 valence electrons. The number of anilines is 2. The van der Waals surface area contributed by atoms with Crippen LogP contribution in [0.2, 0.25) is 0 Å². The number of carbonyl (C=O) groups is 2. The van der Waals surface area contributed by atoms with Crippen LogP contribution in [-0.4, -0.2) is 29.1 Å². The summed E-state index contributed by atoms with van der Waals surface area (Å²) >= 11 is 1.51. The number of aryl methyl sites for hydroxylation is 1. The van der Waals surface area contributed by atoms with Crippen molar-refractivity contribution < 1.29 is 9.59 Å². The number of urea groups is 1. The minimum atomic E-state index is -1.11. The van der Waals surface area contributed by atoms with Crippen molar-refractivity contribution in [1.82, 2.24) is 4.90 Å². The zero-order chi connectivity index (χ0) is 25.4. The van der Waals surface area contributed by atoms with Gasteiger partial charge in [0, 0.05) is 23.5 Å². The summed E-state index contributed by atoms with van der Waals surface area (Å²) in [6, 6.07) is 23.0. The average molecular weight is 497 g/mol. The minimum absolute atomic E-state index is 0.127. The SMILES string of the molecule is Cc1ccc2c(c1)C1(SCCN1C(=O)Nc1ccc(C(C)C)cc1)C(=O)N2Cc1cccc(C#N)c1. The Morgan fingerprint density at radius 2 is 1.92 bits per heavy atom. The fourth-order valence-corrected chi connectivity index (χ4v) is 6.40. The first-order valence-electron chi connectivity index (χ1n) is 12.1. The third-order valence-corrected chi connectivity index (χ3v) is 8.24. The zero-order valence-electron chi connectivity index (χ0n) is 20.6. The number of carbonyl (C=O) groups excluding carboxylic acids is 2. The molecule has 2 aliphatic heterocycles. The summed E-state index contributed by atoms with van der Waals surface area (Å²) < 4.78 is 0. The third-order valence-electron chi connectivity index (χ3n) is 6.82. The number of benzene rings is 3. The summed E-state index contributed by atoms with van der Waals surface area (Å²) in [5, 5.41) is 12.3. The summed E-state index contributed by atoms with van der Waals surface area (Å²) in [4.78, 5) is 30.1. The maximum atomic E-state index is 14.2. The minimum Gasteiger partial charge on any atom is -0.308 e. The van der Waals surface area contributed by atoms with E-state index in [4.69, 9.17) is 0 Å². The first kappa shape index (κ1) is 24.0. The maximum absolute atomic E-state index is 14.2. The standard InChI is InChI=1S/C29H28N4O2S/c1-19(2)23-8-10-24(11-9-23)31-28(35)33-13-14-36-29(33)25-15-20(3)7-12-26(25)32(27(29)34)18-22-6-4-5-21(16-22)17-30/h4-12,15-16,19H,13-14,18H2,1-3H3,(H,31,35). The molecule has 1 N–H and O–H groups in total. The molecule has 0 bridgehead atoms. The monoisotopic (exact) mass is 496 g/mol. The summed E-state index contributed by atoms with van der Waals surface area (Å²) in [5.74, 6) is 0.943. The second-order valence-corrected chi connectivity index (χ2v) is 10.9. The number of nitriles is 1. The lowest BCUT2D eigenvalue weighted by Crippen LogP contribution is -2.51. The van der Waals surface area contributed by atoms with Gasteiger partial charge in [0.05, 0.1) is 23.9 Å². The smallest absolute Gasteiger partial charge is 0.308 e. The number of fused-ring (bicyclic) bond motifs is 2. The molecule has 7 heteroatoms. The third kappa shape index (κ3) is 4.02. The van der Waals surface area contributed by atoms with E-state index in [-0.39, 0.29) is 11.9 Å². The van der Waals surface area contributed by atoms with E-state index in [1.54, 1.807) is 21.9 Å². The Bertz CT molecular complexity index is 1380. The van der Waals surface area contributed by atoms with E-state index in [1.165, 1.54) is 17.3 Å². The van der Waals surface area contributed by atoms with E-state index in [9.17, 15) is 14.9 Å². The lowest BCUT2D eigenvalue weighted by Gasteiger charge is -2.33. The van der Waals surface area contributed by atoms with Gasteiger partial charge in [-0.05, 0) is 54.3 Å². The van der Waals surface area contributed by atoms with E-state index in [0.29, 0.717) is 36.0 Å². The van der Waals surface area contributed by atoms with E-state index in [1.807, 2.05) is 61.5 Å². The highest BCUT2D eigenvalue weighted by molar-refractivity contribution is 8.01. The van der Waals surface area contributed by atoms with Gasteiger partial charge < -0.3 is 10.2 Å². The van der Waals surface area contributed by atoms with Crippen LogP contribution in [0.15, 0.2) is 66.7 Å². The second kappa shape index (κ2) is 9.36. The predicted octanol–water partition coefficient (Wildman–Crippen LogP) is 5.97. The number of amides is 3. The van der Waals surface area contributed by atoms with E-state index < -0.39 is 4.87 Å². The van der Waals surface area contributed by atoms with Crippen LogP contribution in [0.4, 0.5) is 16.2 Å². The first-order chi connectivity index (χ1) is 17.3. The molecule has 6 nitrogen and oxygen atoms in total. The van der Waals surface area contributed by atoms with Crippen molar-refractivity contribution in [2.24, 2.45) is 0 Å². The van der Waals surface area contributed by atoms with Crippen LogP contribution in [0.1, 0.15) is 47.6 Å². The molecule has 1 fully saturated rings. The molecule has 2 aliphatic rings. The van der Waals surface area contributed by atoms with Gasteiger partial charge in [-0.1, -0.05) is 55.8 Å². The molecule has 1 atom stereocenters. The molecule has 1 spiro atoms. The summed E-state index contributed by atoms with van der Waals surface area (Å²) in [6.07, 6.45) is 0. The highest BCUT2D eigenvalue weighted by Crippen LogP contribution is 2.54. The van der Waals surface area contributed by atoms with Crippen molar-refractivity contribution >= 4 is 35.1 Å². The van der Waals surface area contributed by atoms with Gasteiger partial charge in [-0.2, -0.15) is 5.26 Å². The van der Waals surface area contributed by atoms with Crippen LogP contribution in [0.5, 0.6) is 0 Å². The number of nitrogens with zero attached hydrogens (tertiary/aromatic N) is 3. The van der Waals surface area contributed by atoms with Gasteiger partial charge >= 0.3 is 6.03 Å². The van der Waals surface area contributed by atoms with E-state index in [0.717, 1.165) is 22.4 Å². The van der Waals surface area contributed by atoms with Gasteiger partial charge in [-0.15, -0.1) is 11.8 Å². The fourth-order valence-electron chi connectivity index (χ4n) is 4.95. The first-order valence-corrected chi connectivity index (χ1v) is 13.1. The van der Waals surface area contributed by atoms with Crippen molar-refractivity contribution in [3.63, 3.8) is 0 Å². The Labute approximate surface area is 215 Å². The zero-order valence-corrected chi connectivity index (χ0v) is 21.4. The van der Waals surface area contributed by atoms with Crippen molar-refractivity contribution in [2.75, 3.05) is 22.5 Å². The van der Waals surface area contributed by atoms with Crippen LogP contribution in [0, 0.1) is 18.3 Å². The number of thioether (sulfide) groups is 1. The Morgan fingerprint density at radius 1 is 1.14 bits per heavy atom.